The van der Waals surface area contributed by atoms with Crippen molar-refractivity contribution in [3.8, 4) is 0 Å². The molecule has 4 heteroatoms. The van der Waals surface area contributed by atoms with Crippen LogP contribution in [0.15, 0.2) is 48.5 Å². The lowest BCUT2D eigenvalue weighted by Crippen LogP contribution is -2.13. The highest BCUT2D eigenvalue weighted by atomic mass is 16.3. The van der Waals surface area contributed by atoms with E-state index in [1.54, 1.807) is 48.5 Å². The second kappa shape index (κ2) is 5.33. The fourth-order valence-corrected chi connectivity index (χ4v) is 1.60. The van der Waals surface area contributed by atoms with E-state index >= 15 is 0 Å². The van der Waals surface area contributed by atoms with E-state index in [0.717, 1.165) is 5.56 Å². The summed E-state index contributed by atoms with van der Waals surface area (Å²) < 4.78 is 0. The van der Waals surface area contributed by atoms with Gasteiger partial charge >= 0.3 is 0 Å². The Kier molecular flexibility index (Phi) is 3.60. The minimum Gasteiger partial charge on any atom is -0.398 e. The Labute approximate surface area is 105 Å². The van der Waals surface area contributed by atoms with Crippen LogP contribution < -0.4 is 11.1 Å². The Bertz CT molecular complexity index is 550. The number of para-hydroxylation sites is 1. The zero-order valence-corrected chi connectivity index (χ0v) is 9.76. The summed E-state index contributed by atoms with van der Waals surface area (Å²) in [6.07, 6.45) is 0. The van der Waals surface area contributed by atoms with Crippen LogP contribution in [0.2, 0.25) is 0 Å². The van der Waals surface area contributed by atoms with Crippen LogP contribution in [0.1, 0.15) is 15.9 Å². The molecule has 4 N–H and O–H groups in total. The van der Waals surface area contributed by atoms with E-state index in [0.29, 0.717) is 16.9 Å². The van der Waals surface area contributed by atoms with Crippen molar-refractivity contribution in [2.24, 2.45) is 0 Å². The number of hydrogen-bond donors (Lipinski definition) is 3. The molecule has 0 saturated carbocycles. The third kappa shape index (κ3) is 2.67. The van der Waals surface area contributed by atoms with Crippen molar-refractivity contribution in [2.75, 3.05) is 11.1 Å². The minimum absolute atomic E-state index is 0.0140. The topological polar surface area (TPSA) is 75.4 Å². The molecule has 0 aromatic heterocycles. The number of nitrogens with one attached hydrogen (secondary N) is 1. The van der Waals surface area contributed by atoms with E-state index < -0.39 is 0 Å². The predicted octanol–water partition coefficient (Wildman–Crippen LogP) is 2.01. The number of carbonyl (C=O) groups excluding carboxylic acids is 1. The van der Waals surface area contributed by atoms with Gasteiger partial charge < -0.3 is 16.2 Å². The van der Waals surface area contributed by atoms with Crippen molar-refractivity contribution < 1.29 is 9.90 Å². The highest BCUT2D eigenvalue weighted by Gasteiger charge is 2.08. The van der Waals surface area contributed by atoms with Crippen LogP contribution in [0.3, 0.4) is 0 Å². The molecule has 0 aliphatic carbocycles. The van der Waals surface area contributed by atoms with Gasteiger partial charge in [0.1, 0.15) is 0 Å². The summed E-state index contributed by atoms with van der Waals surface area (Å²) in [5.74, 6) is -0.246. The molecule has 2 aromatic carbocycles. The molecule has 0 aliphatic rings. The van der Waals surface area contributed by atoms with Crippen molar-refractivity contribution >= 4 is 17.3 Å². The fraction of sp³-hybridized carbons (Fsp3) is 0.0714. The summed E-state index contributed by atoms with van der Waals surface area (Å²) >= 11 is 0. The van der Waals surface area contributed by atoms with Gasteiger partial charge in [-0.15, -0.1) is 0 Å². The van der Waals surface area contributed by atoms with Gasteiger partial charge in [0.2, 0.25) is 0 Å². The molecule has 2 aromatic rings. The summed E-state index contributed by atoms with van der Waals surface area (Å²) in [4.78, 5) is 11.9. The van der Waals surface area contributed by atoms with E-state index in [1.807, 2.05) is 0 Å². The number of rotatable bonds is 3. The number of anilines is 2. The van der Waals surface area contributed by atoms with Gasteiger partial charge in [0, 0.05) is 11.4 Å². The Morgan fingerprint density at radius 1 is 1.11 bits per heavy atom. The average molecular weight is 242 g/mol. The van der Waals surface area contributed by atoms with E-state index in [9.17, 15) is 4.79 Å². The Hall–Kier alpha value is -2.33. The van der Waals surface area contributed by atoms with Crippen LogP contribution in [0.4, 0.5) is 11.4 Å². The summed E-state index contributed by atoms with van der Waals surface area (Å²) in [5.41, 5.74) is 8.09. The lowest BCUT2D eigenvalue weighted by atomic mass is 10.1. The smallest absolute Gasteiger partial charge is 0.257 e. The molecule has 0 heterocycles. The summed E-state index contributed by atoms with van der Waals surface area (Å²) in [6, 6.07) is 13.9. The molecule has 4 nitrogen and oxygen atoms in total. The van der Waals surface area contributed by atoms with Gasteiger partial charge in [0.15, 0.2) is 0 Å². The van der Waals surface area contributed by atoms with Gasteiger partial charge in [-0.3, -0.25) is 4.79 Å². The largest absolute Gasteiger partial charge is 0.398 e. The van der Waals surface area contributed by atoms with Gasteiger partial charge in [0.25, 0.3) is 5.91 Å². The van der Waals surface area contributed by atoms with E-state index in [2.05, 4.69) is 5.32 Å². The molecule has 2 rings (SSSR count). The predicted molar refractivity (Wildman–Crippen MR) is 71.2 cm³/mol. The third-order valence-corrected chi connectivity index (χ3v) is 2.60. The van der Waals surface area contributed by atoms with Crippen molar-refractivity contribution in [2.45, 2.75) is 6.61 Å². The third-order valence-electron chi connectivity index (χ3n) is 2.60. The molecule has 0 radical (unpaired) electrons. The van der Waals surface area contributed by atoms with E-state index in [-0.39, 0.29) is 12.5 Å². The maximum atomic E-state index is 11.9. The maximum absolute atomic E-state index is 11.9. The zero-order valence-electron chi connectivity index (χ0n) is 9.76. The molecule has 92 valence electrons. The normalized spacial score (nSPS) is 10.1. The number of aliphatic hydroxyl groups is 1. The quantitative estimate of drug-likeness (QED) is 0.721. The molecule has 0 saturated heterocycles. The van der Waals surface area contributed by atoms with Crippen LogP contribution in [0.25, 0.3) is 0 Å². The number of amides is 1. The number of nitrogen functional groups attached to an aromatic ring is 1. The SMILES string of the molecule is Nc1ccccc1C(=O)Nc1ccc(CO)cc1. The van der Waals surface area contributed by atoms with Crippen LogP contribution in [-0.2, 0) is 6.61 Å². The Balaban J connectivity index is 2.14. The highest BCUT2D eigenvalue weighted by Crippen LogP contribution is 2.15. The van der Waals surface area contributed by atoms with Crippen LogP contribution in [-0.4, -0.2) is 11.0 Å². The van der Waals surface area contributed by atoms with Crippen LogP contribution in [0.5, 0.6) is 0 Å². The average Bonchev–Trinajstić information content (AvgIpc) is 2.40. The number of carbonyl (C=O) groups is 1. The van der Waals surface area contributed by atoms with Gasteiger partial charge in [-0.05, 0) is 29.8 Å². The molecule has 0 aliphatic heterocycles. The molecule has 0 bridgehead atoms. The minimum atomic E-state index is -0.246. The van der Waals surface area contributed by atoms with Crippen molar-refractivity contribution in [3.05, 3.63) is 59.7 Å². The van der Waals surface area contributed by atoms with Crippen LogP contribution in [0, 0.1) is 0 Å². The Morgan fingerprint density at radius 2 is 1.78 bits per heavy atom. The lowest BCUT2D eigenvalue weighted by molar-refractivity contribution is 0.102. The fourth-order valence-electron chi connectivity index (χ4n) is 1.60. The second-order valence-electron chi connectivity index (χ2n) is 3.90. The van der Waals surface area contributed by atoms with E-state index in [1.165, 1.54) is 0 Å². The van der Waals surface area contributed by atoms with Gasteiger partial charge in [-0.1, -0.05) is 24.3 Å². The van der Waals surface area contributed by atoms with E-state index in [4.69, 9.17) is 10.8 Å². The molecular formula is C14H14N2O2. The number of benzene rings is 2. The summed E-state index contributed by atoms with van der Waals surface area (Å²) in [6.45, 7) is -0.0140. The summed E-state index contributed by atoms with van der Waals surface area (Å²) in [5, 5.41) is 11.7. The molecule has 1 amide bonds. The van der Waals surface area contributed by atoms with Crippen molar-refractivity contribution in [1.82, 2.24) is 0 Å². The standard InChI is InChI=1S/C14H14N2O2/c15-13-4-2-1-3-12(13)14(18)16-11-7-5-10(9-17)6-8-11/h1-8,17H,9,15H2,(H,16,18). The molecule has 0 atom stereocenters. The molecule has 0 spiro atoms. The first-order valence-corrected chi connectivity index (χ1v) is 5.56. The zero-order chi connectivity index (χ0) is 13.0. The Morgan fingerprint density at radius 3 is 2.39 bits per heavy atom. The van der Waals surface area contributed by atoms with Crippen molar-refractivity contribution in [3.63, 3.8) is 0 Å². The maximum Gasteiger partial charge on any atom is 0.257 e. The van der Waals surface area contributed by atoms with Gasteiger partial charge in [-0.2, -0.15) is 0 Å². The lowest BCUT2D eigenvalue weighted by Gasteiger charge is -2.07. The molecular weight excluding hydrogens is 228 g/mol. The monoisotopic (exact) mass is 242 g/mol. The number of nitrogens with two attached hydrogens (primary N) is 1. The molecule has 18 heavy (non-hydrogen) atoms. The molecule has 0 unspecified atom stereocenters. The number of aliphatic hydroxyl groups excluding tert-OH is 1. The highest BCUT2D eigenvalue weighted by molar-refractivity contribution is 6.07. The number of hydrogen-bond acceptors (Lipinski definition) is 3. The van der Waals surface area contributed by atoms with Gasteiger partial charge in [0.05, 0.1) is 12.2 Å². The second-order valence-corrected chi connectivity index (χ2v) is 3.90. The van der Waals surface area contributed by atoms with Gasteiger partial charge in [-0.25, -0.2) is 0 Å². The first-order valence-electron chi connectivity index (χ1n) is 5.56. The van der Waals surface area contributed by atoms with Crippen molar-refractivity contribution in [1.29, 1.82) is 0 Å². The first-order chi connectivity index (χ1) is 8.70. The molecule has 0 fully saturated rings. The first kappa shape index (κ1) is 12.1. The summed E-state index contributed by atoms with van der Waals surface area (Å²) in [7, 11) is 0. The van der Waals surface area contributed by atoms with Crippen LogP contribution >= 0.6 is 0 Å².